The molecule has 0 radical (unpaired) electrons. The molecular formula is C17H19ClN2O3S. The molecule has 0 saturated carbocycles. The van der Waals surface area contributed by atoms with Gasteiger partial charge in [-0.05, 0) is 30.7 Å². The Hall–Kier alpha value is -2.05. The highest BCUT2D eigenvalue weighted by Crippen LogP contribution is 2.25. The number of nitrogens with one attached hydrogen (secondary N) is 1. The molecule has 1 N–H and O–H groups in total. The lowest BCUT2D eigenvalue weighted by Gasteiger charge is -2.30. The summed E-state index contributed by atoms with van der Waals surface area (Å²) >= 11 is 6.06. The molecule has 24 heavy (non-hydrogen) atoms. The van der Waals surface area contributed by atoms with Gasteiger partial charge in [0, 0.05) is 0 Å². The normalized spacial score (nSPS) is 12.5. The van der Waals surface area contributed by atoms with Crippen molar-refractivity contribution in [3.63, 3.8) is 0 Å². The quantitative estimate of drug-likeness (QED) is 0.850. The van der Waals surface area contributed by atoms with Crippen LogP contribution in [0, 0.1) is 0 Å². The minimum atomic E-state index is -3.64. The van der Waals surface area contributed by atoms with E-state index in [0.29, 0.717) is 22.8 Å². The Bertz CT molecular complexity index is 810. The number of hydrogen-bond acceptors (Lipinski definition) is 3. The minimum absolute atomic E-state index is 0.318. The van der Waals surface area contributed by atoms with Crippen LogP contribution in [0.25, 0.3) is 0 Å². The largest absolute Gasteiger partial charge is 0.323 e. The molecule has 1 unspecified atom stereocenters. The van der Waals surface area contributed by atoms with Crippen molar-refractivity contribution in [3.05, 3.63) is 59.6 Å². The molecule has 0 bridgehead atoms. The van der Waals surface area contributed by atoms with Crippen LogP contribution in [-0.2, 0) is 14.8 Å². The molecule has 0 spiro atoms. The molecule has 0 fully saturated rings. The zero-order chi connectivity index (χ0) is 17.7. The van der Waals surface area contributed by atoms with Crippen molar-refractivity contribution >= 4 is 38.9 Å². The minimum Gasteiger partial charge on any atom is -0.323 e. The van der Waals surface area contributed by atoms with Crippen molar-refractivity contribution in [1.82, 2.24) is 0 Å². The highest BCUT2D eigenvalue weighted by molar-refractivity contribution is 7.92. The zero-order valence-electron chi connectivity index (χ0n) is 13.4. The Labute approximate surface area is 147 Å². The van der Waals surface area contributed by atoms with Gasteiger partial charge in [0.05, 0.1) is 22.7 Å². The van der Waals surface area contributed by atoms with Crippen LogP contribution >= 0.6 is 11.6 Å². The highest BCUT2D eigenvalue weighted by atomic mass is 35.5. The lowest BCUT2D eigenvalue weighted by atomic mass is 10.2. The van der Waals surface area contributed by atoms with Gasteiger partial charge < -0.3 is 5.32 Å². The van der Waals surface area contributed by atoms with E-state index in [0.717, 1.165) is 10.6 Å². The fraction of sp³-hybridized carbons (Fsp3) is 0.235. The van der Waals surface area contributed by atoms with Gasteiger partial charge in [-0.25, -0.2) is 8.42 Å². The van der Waals surface area contributed by atoms with E-state index >= 15 is 0 Å². The van der Waals surface area contributed by atoms with Crippen molar-refractivity contribution in [3.8, 4) is 0 Å². The Morgan fingerprint density at radius 1 is 1.12 bits per heavy atom. The lowest BCUT2D eigenvalue weighted by Crippen LogP contribution is -2.47. The number of benzene rings is 2. The Morgan fingerprint density at radius 2 is 1.71 bits per heavy atom. The smallest absolute Gasteiger partial charge is 0.248 e. The topological polar surface area (TPSA) is 66.5 Å². The van der Waals surface area contributed by atoms with Gasteiger partial charge >= 0.3 is 0 Å². The molecule has 0 aliphatic carbocycles. The van der Waals surface area contributed by atoms with Crippen LogP contribution in [0.5, 0.6) is 0 Å². The van der Waals surface area contributed by atoms with Gasteiger partial charge in [0.15, 0.2) is 0 Å². The number of sulfonamides is 1. The molecule has 0 aromatic heterocycles. The first-order valence-electron chi connectivity index (χ1n) is 7.44. The van der Waals surface area contributed by atoms with Gasteiger partial charge in [0.25, 0.3) is 0 Å². The molecule has 1 atom stereocenters. The number of para-hydroxylation sites is 2. The van der Waals surface area contributed by atoms with E-state index in [1.807, 2.05) is 0 Å². The summed E-state index contributed by atoms with van der Waals surface area (Å²) in [6, 6.07) is 14.5. The summed E-state index contributed by atoms with van der Waals surface area (Å²) in [5, 5.41) is 3.10. The third-order valence-electron chi connectivity index (χ3n) is 3.47. The maximum Gasteiger partial charge on any atom is 0.248 e. The monoisotopic (exact) mass is 366 g/mol. The molecule has 7 heteroatoms. The molecule has 0 aliphatic rings. The second-order valence-electron chi connectivity index (χ2n) is 5.29. The Morgan fingerprint density at radius 3 is 2.25 bits per heavy atom. The van der Waals surface area contributed by atoms with Crippen LogP contribution < -0.4 is 9.62 Å². The maximum absolute atomic E-state index is 12.7. The molecule has 5 nitrogen and oxygen atoms in total. The number of halogens is 1. The highest BCUT2D eigenvalue weighted by Gasteiger charge is 2.31. The molecule has 128 valence electrons. The third kappa shape index (κ3) is 4.27. The van der Waals surface area contributed by atoms with Gasteiger partial charge in [0.2, 0.25) is 15.9 Å². The molecule has 2 aromatic rings. The number of carbonyl (C=O) groups excluding carboxylic acids is 1. The van der Waals surface area contributed by atoms with Crippen LogP contribution in [0.2, 0.25) is 5.02 Å². The fourth-order valence-electron chi connectivity index (χ4n) is 2.41. The van der Waals surface area contributed by atoms with Gasteiger partial charge in [-0.15, -0.1) is 0 Å². The summed E-state index contributed by atoms with van der Waals surface area (Å²) in [5.41, 5.74) is 0.894. The van der Waals surface area contributed by atoms with Crippen LogP contribution in [-0.4, -0.2) is 26.6 Å². The van der Waals surface area contributed by atoms with Crippen molar-refractivity contribution < 1.29 is 13.2 Å². The van der Waals surface area contributed by atoms with Gasteiger partial charge in [-0.3, -0.25) is 9.10 Å². The van der Waals surface area contributed by atoms with Gasteiger partial charge in [-0.2, -0.15) is 0 Å². The lowest BCUT2D eigenvalue weighted by molar-refractivity contribution is -0.117. The Balaban J connectivity index is 2.36. The standard InChI is InChI=1S/C17H19ClN2O3S/c1-3-16(17(21)19-15-12-8-7-11-14(15)18)20(24(2,22)23)13-9-5-4-6-10-13/h4-12,16H,3H2,1-2H3,(H,19,21). The fourth-order valence-corrected chi connectivity index (χ4v) is 3.81. The van der Waals surface area contributed by atoms with Crippen molar-refractivity contribution in [1.29, 1.82) is 0 Å². The van der Waals surface area contributed by atoms with E-state index in [2.05, 4.69) is 5.32 Å². The molecule has 0 saturated heterocycles. The molecule has 2 aromatic carbocycles. The summed E-state index contributed by atoms with van der Waals surface area (Å²) < 4.78 is 25.7. The van der Waals surface area contributed by atoms with Crippen LogP contribution in [0.3, 0.4) is 0 Å². The average Bonchev–Trinajstić information content (AvgIpc) is 2.54. The van der Waals surface area contributed by atoms with Crippen molar-refractivity contribution in [2.24, 2.45) is 0 Å². The second kappa shape index (κ2) is 7.68. The van der Waals surface area contributed by atoms with Crippen LogP contribution in [0.4, 0.5) is 11.4 Å². The summed E-state index contributed by atoms with van der Waals surface area (Å²) in [5.74, 6) is -0.431. The average molecular weight is 367 g/mol. The molecular weight excluding hydrogens is 348 g/mol. The van der Waals surface area contributed by atoms with Gasteiger partial charge in [-0.1, -0.05) is 48.9 Å². The molecule has 0 heterocycles. The summed E-state index contributed by atoms with van der Waals surface area (Å²) in [7, 11) is -3.64. The Kier molecular flexibility index (Phi) is 5.85. The predicted octanol–water partition coefficient (Wildman–Crippen LogP) is 3.52. The number of hydrogen-bond donors (Lipinski definition) is 1. The number of nitrogens with zero attached hydrogens (tertiary/aromatic N) is 1. The number of carbonyl (C=O) groups is 1. The van der Waals surface area contributed by atoms with Crippen molar-refractivity contribution in [2.75, 3.05) is 15.9 Å². The first kappa shape index (κ1) is 18.3. The maximum atomic E-state index is 12.7. The third-order valence-corrected chi connectivity index (χ3v) is 4.98. The number of anilines is 2. The van der Waals surface area contributed by atoms with Crippen LogP contribution in [0.1, 0.15) is 13.3 Å². The van der Waals surface area contributed by atoms with E-state index in [-0.39, 0.29) is 0 Å². The summed E-state index contributed by atoms with van der Waals surface area (Å²) in [4.78, 5) is 12.7. The van der Waals surface area contributed by atoms with E-state index in [9.17, 15) is 13.2 Å². The first-order chi connectivity index (χ1) is 11.3. The number of amides is 1. The summed E-state index contributed by atoms with van der Waals surface area (Å²) in [6.45, 7) is 1.76. The number of rotatable bonds is 6. The summed E-state index contributed by atoms with van der Waals surface area (Å²) in [6.07, 6.45) is 1.41. The van der Waals surface area contributed by atoms with Crippen molar-refractivity contribution in [2.45, 2.75) is 19.4 Å². The molecule has 1 amide bonds. The zero-order valence-corrected chi connectivity index (χ0v) is 15.0. The second-order valence-corrected chi connectivity index (χ2v) is 7.55. The van der Waals surface area contributed by atoms with E-state index < -0.39 is 22.0 Å². The predicted molar refractivity (Wildman–Crippen MR) is 97.9 cm³/mol. The van der Waals surface area contributed by atoms with E-state index in [4.69, 9.17) is 11.6 Å². The van der Waals surface area contributed by atoms with E-state index in [1.54, 1.807) is 61.5 Å². The SMILES string of the molecule is CCC(C(=O)Nc1ccccc1Cl)N(c1ccccc1)S(C)(=O)=O. The molecule has 2 rings (SSSR count). The van der Waals surface area contributed by atoms with Gasteiger partial charge in [0.1, 0.15) is 6.04 Å². The molecule has 0 aliphatic heterocycles. The van der Waals surface area contributed by atoms with Crippen LogP contribution in [0.15, 0.2) is 54.6 Å². The first-order valence-corrected chi connectivity index (χ1v) is 9.67. The van der Waals surface area contributed by atoms with E-state index in [1.165, 1.54) is 0 Å².